The van der Waals surface area contributed by atoms with Crippen LogP contribution < -0.4 is 4.74 Å². The molecule has 0 saturated carbocycles. The van der Waals surface area contributed by atoms with Crippen LogP contribution in [0, 0.1) is 5.92 Å². The summed E-state index contributed by atoms with van der Waals surface area (Å²) in [7, 11) is 0. The molecule has 0 aromatic heterocycles. The third kappa shape index (κ3) is 4.04. The van der Waals surface area contributed by atoms with E-state index in [-0.39, 0.29) is 5.57 Å². The van der Waals surface area contributed by atoms with Crippen molar-refractivity contribution in [2.75, 3.05) is 0 Å². The lowest BCUT2D eigenvalue weighted by Gasteiger charge is -2.33. The highest BCUT2D eigenvalue weighted by Gasteiger charge is 2.42. The first-order valence-electron chi connectivity index (χ1n) is 8.39. The van der Waals surface area contributed by atoms with Gasteiger partial charge in [-0.25, -0.2) is 0 Å². The van der Waals surface area contributed by atoms with Gasteiger partial charge in [0.2, 0.25) is 0 Å². The minimum absolute atomic E-state index is 0.264. The predicted octanol–water partition coefficient (Wildman–Crippen LogP) is 4.60. The molecule has 4 nitrogen and oxygen atoms in total. The van der Waals surface area contributed by atoms with Gasteiger partial charge in [0.05, 0.1) is 0 Å². The molecule has 0 fully saturated rings. The molecule has 0 amide bonds. The average Bonchev–Trinajstić information content (AvgIpc) is 2.67. The molecule has 0 spiro atoms. The number of benzene rings is 2. The monoisotopic (exact) mass is 426 g/mol. The second kappa shape index (κ2) is 7.94. The Morgan fingerprint density at radius 3 is 2.63 bits per heavy atom. The molecule has 0 bridgehead atoms. The van der Waals surface area contributed by atoms with Crippen LogP contribution in [0.25, 0.3) is 5.57 Å². The molecule has 2 unspecified atom stereocenters. The molecular weight excluding hydrogens is 408 g/mol. The first-order chi connectivity index (χ1) is 12.9. The summed E-state index contributed by atoms with van der Waals surface area (Å²) < 4.78 is 6.72. The highest BCUT2D eigenvalue weighted by molar-refractivity contribution is 9.10. The number of halogens is 1. The van der Waals surface area contributed by atoms with E-state index in [2.05, 4.69) is 22.5 Å². The number of rotatable bonds is 6. The molecule has 2 atom stereocenters. The lowest BCUT2D eigenvalue weighted by atomic mass is 9.76. The van der Waals surface area contributed by atoms with Crippen molar-refractivity contribution in [1.29, 1.82) is 0 Å². The van der Waals surface area contributed by atoms with Crippen molar-refractivity contribution in [2.24, 2.45) is 5.92 Å². The first-order valence-corrected chi connectivity index (χ1v) is 9.18. The Labute approximate surface area is 166 Å². The Bertz CT molecular complexity index is 917. The van der Waals surface area contributed by atoms with Crippen molar-refractivity contribution in [3.05, 3.63) is 95.0 Å². The molecule has 3 rings (SSSR count). The molecule has 2 aromatic carbocycles. The number of hydrogen-bond acceptors (Lipinski definition) is 3. The fourth-order valence-corrected chi connectivity index (χ4v) is 3.36. The lowest BCUT2D eigenvalue weighted by Crippen LogP contribution is -2.41. The van der Waals surface area contributed by atoms with Gasteiger partial charge in [-0.2, -0.15) is 0 Å². The van der Waals surface area contributed by atoms with Crippen molar-refractivity contribution in [2.45, 2.75) is 12.2 Å². The molecule has 0 aliphatic heterocycles. The maximum absolute atomic E-state index is 11.6. The molecule has 1 aliphatic rings. The van der Waals surface area contributed by atoms with Crippen LogP contribution in [-0.2, 0) is 11.4 Å². The summed E-state index contributed by atoms with van der Waals surface area (Å²) in [5.41, 5.74) is 0.0696. The normalized spacial score (nSPS) is 21.0. The van der Waals surface area contributed by atoms with E-state index in [0.29, 0.717) is 17.9 Å². The topological polar surface area (TPSA) is 66.8 Å². The quantitative estimate of drug-likeness (QED) is 0.708. The molecular formula is C22H19BrO4. The van der Waals surface area contributed by atoms with Crippen LogP contribution in [0.2, 0.25) is 0 Å². The zero-order valence-corrected chi connectivity index (χ0v) is 16.1. The van der Waals surface area contributed by atoms with Gasteiger partial charge in [-0.05, 0) is 35.4 Å². The molecule has 5 heteroatoms. The van der Waals surface area contributed by atoms with Gasteiger partial charge in [0.15, 0.2) is 0 Å². The van der Waals surface area contributed by atoms with Gasteiger partial charge in [0.1, 0.15) is 23.9 Å². The van der Waals surface area contributed by atoms with Crippen LogP contribution in [0.15, 0.2) is 83.9 Å². The van der Waals surface area contributed by atoms with Gasteiger partial charge in [0, 0.05) is 10.0 Å². The summed E-state index contributed by atoms with van der Waals surface area (Å²) in [5, 5.41) is 20.7. The Hall–Kier alpha value is -2.63. The number of carboxylic acids is 1. The summed E-state index contributed by atoms with van der Waals surface area (Å²) in [6, 6.07) is 15.1. The highest BCUT2D eigenvalue weighted by Crippen LogP contribution is 2.41. The fraction of sp³-hybridized carbons (Fsp3) is 0.136. The van der Waals surface area contributed by atoms with E-state index in [0.717, 1.165) is 10.0 Å². The van der Waals surface area contributed by atoms with E-state index in [4.69, 9.17) is 4.74 Å². The van der Waals surface area contributed by atoms with E-state index >= 15 is 0 Å². The number of ether oxygens (including phenoxy) is 1. The Morgan fingerprint density at radius 2 is 1.93 bits per heavy atom. The molecule has 1 aliphatic carbocycles. The van der Waals surface area contributed by atoms with Crippen LogP contribution in [0.5, 0.6) is 5.75 Å². The molecule has 0 heterocycles. The minimum Gasteiger partial charge on any atom is -0.488 e. The van der Waals surface area contributed by atoms with Crippen molar-refractivity contribution in [3.63, 3.8) is 0 Å². The molecule has 27 heavy (non-hydrogen) atoms. The van der Waals surface area contributed by atoms with Crippen LogP contribution in [0.3, 0.4) is 0 Å². The number of carbonyl (C=O) groups is 1. The number of allylic oxidation sites excluding steroid dienone is 2. The molecule has 0 radical (unpaired) electrons. The summed E-state index contributed by atoms with van der Waals surface area (Å²) >= 11 is 3.42. The van der Waals surface area contributed by atoms with Crippen LogP contribution >= 0.6 is 15.9 Å². The largest absolute Gasteiger partial charge is 0.488 e. The summed E-state index contributed by atoms with van der Waals surface area (Å²) in [6.07, 6.45) is 6.13. The summed E-state index contributed by atoms with van der Waals surface area (Å²) in [6.45, 7) is 4.36. The average molecular weight is 427 g/mol. The van der Waals surface area contributed by atoms with E-state index < -0.39 is 17.5 Å². The Kier molecular flexibility index (Phi) is 5.63. The van der Waals surface area contributed by atoms with Gasteiger partial charge >= 0.3 is 5.97 Å². The van der Waals surface area contributed by atoms with E-state index in [1.807, 2.05) is 36.4 Å². The first kappa shape index (κ1) is 19.1. The van der Waals surface area contributed by atoms with Gasteiger partial charge in [-0.1, -0.05) is 71.1 Å². The minimum atomic E-state index is -1.74. The lowest BCUT2D eigenvalue weighted by molar-refractivity contribution is -0.144. The number of aliphatic hydroxyl groups is 1. The second-order valence-corrected chi connectivity index (χ2v) is 7.19. The molecule has 2 aromatic rings. The van der Waals surface area contributed by atoms with Gasteiger partial charge in [-0.3, -0.25) is 4.79 Å². The van der Waals surface area contributed by atoms with E-state index in [1.165, 1.54) is 12.2 Å². The van der Waals surface area contributed by atoms with Crippen LogP contribution in [-0.4, -0.2) is 21.8 Å². The summed E-state index contributed by atoms with van der Waals surface area (Å²) in [4.78, 5) is 11.6. The number of carboxylic acid groups (broad SMARTS) is 1. The van der Waals surface area contributed by atoms with E-state index in [9.17, 15) is 15.0 Å². The third-order valence-electron chi connectivity index (χ3n) is 4.49. The maximum atomic E-state index is 11.6. The van der Waals surface area contributed by atoms with Crippen molar-refractivity contribution in [1.82, 2.24) is 0 Å². The fourth-order valence-electron chi connectivity index (χ4n) is 3.00. The van der Waals surface area contributed by atoms with Crippen molar-refractivity contribution in [3.8, 4) is 5.75 Å². The van der Waals surface area contributed by atoms with Gasteiger partial charge in [0.25, 0.3) is 0 Å². The zero-order valence-electron chi connectivity index (χ0n) is 14.5. The number of hydrogen-bond donors (Lipinski definition) is 2. The predicted molar refractivity (Wildman–Crippen MR) is 108 cm³/mol. The Morgan fingerprint density at radius 1 is 1.19 bits per heavy atom. The van der Waals surface area contributed by atoms with Crippen LogP contribution in [0.1, 0.15) is 11.1 Å². The highest BCUT2D eigenvalue weighted by atomic mass is 79.9. The number of aliphatic carboxylic acids is 1. The summed E-state index contributed by atoms with van der Waals surface area (Å²) in [5.74, 6) is -1.73. The third-order valence-corrected chi connectivity index (χ3v) is 4.99. The second-order valence-electron chi connectivity index (χ2n) is 6.28. The van der Waals surface area contributed by atoms with Gasteiger partial charge in [-0.15, -0.1) is 0 Å². The van der Waals surface area contributed by atoms with Crippen molar-refractivity contribution < 1.29 is 19.7 Å². The maximum Gasteiger partial charge on any atom is 0.314 e. The van der Waals surface area contributed by atoms with E-state index in [1.54, 1.807) is 24.3 Å². The smallest absolute Gasteiger partial charge is 0.314 e. The SMILES string of the molecule is C=C(c1cc(Br)ccc1OCc1ccccc1)C1(O)C=CC=CC1C(=O)O. The molecule has 0 saturated heterocycles. The Balaban J connectivity index is 1.94. The zero-order chi connectivity index (χ0) is 19.4. The molecule has 138 valence electrons. The van der Waals surface area contributed by atoms with Gasteiger partial charge < -0.3 is 14.9 Å². The molecule has 2 N–H and O–H groups in total. The van der Waals surface area contributed by atoms with Crippen molar-refractivity contribution >= 4 is 27.5 Å². The standard InChI is InChI=1S/C22H19BrO4/c1-15(22(26)12-6-5-9-19(22)21(24)25)18-13-17(23)10-11-20(18)27-14-16-7-3-2-4-8-16/h2-13,19,26H,1,14H2,(H,24,25). The van der Waals surface area contributed by atoms with Crippen LogP contribution in [0.4, 0.5) is 0 Å².